The van der Waals surface area contributed by atoms with Gasteiger partial charge in [-0.25, -0.2) is 0 Å². The van der Waals surface area contributed by atoms with E-state index in [1.165, 1.54) is 28.2 Å². The second-order valence-corrected chi connectivity index (χ2v) is 6.61. The van der Waals surface area contributed by atoms with Crippen LogP contribution in [-0.4, -0.2) is 6.04 Å². The summed E-state index contributed by atoms with van der Waals surface area (Å²) in [6.45, 7) is 3.32. The predicted octanol–water partition coefficient (Wildman–Crippen LogP) is 4.36. The molecule has 1 aliphatic rings. The van der Waals surface area contributed by atoms with Crippen molar-refractivity contribution in [2.75, 3.05) is 0 Å². The molecule has 17 heavy (non-hydrogen) atoms. The van der Waals surface area contributed by atoms with Gasteiger partial charge in [-0.3, -0.25) is 0 Å². The Morgan fingerprint density at radius 1 is 1.41 bits per heavy atom. The maximum atomic E-state index is 3.65. The van der Waals surface area contributed by atoms with Crippen molar-refractivity contribution in [1.29, 1.82) is 0 Å². The van der Waals surface area contributed by atoms with Crippen molar-refractivity contribution in [3.8, 4) is 10.4 Å². The third-order valence-electron chi connectivity index (χ3n) is 3.44. The standard InChI is InChI=1S/C14H17NS2/c1-2-10-7-13(10)15-8-12-6-11(9-17-12)14-4-3-5-16-14/h3-6,9-10,13,15H,2,7-8H2,1H3. The first-order valence-electron chi connectivity index (χ1n) is 6.21. The summed E-state index contributed by atoms with van der Waals surface area (Å²) in [6, 6.07) is 7.42. The quantitative estimate of drug-likeness (QED) is 0.845. The number of thiophene rings is 2. The average Bonchev–Trinajstić information content (AvgIpc) is 2.79. The fraction of sp³-hybridized carbons (Fsp3) is 0.429. The van der Waals surface area contributed by atoms with Crippen molar-refractivity contribution in [3.05, 3.63) is 33.8 Å². The summed E-state index contributed by atoms with van der Waals surface area (Å²) >= 11 is 3.69. The summed E-state index contributed by atoms with van der Waals surface area (Å²) in [4.78, 5) is 2.83. The van der Waals surface area contributed by atoms with E-state index in [1.54, 1.807) is 0 Å². The first kappa shape index (κ1) is 11.5. The zero-order chi connectivity index (χ0) is 11.7. The predicted molar refractivity (Wildman–Crippen MR) is 76.7 cm³/mol. The van der Waals surface area contributed by atoms with Crippen molar-refractivity contribution >= 4 is 22.7 Å². The van der Waals surface area contributed by atoms with Crippen LogP contribution in [0.15, 0.2) is 29.0 Å². The lowest BCUT2D eigenvalue weighted by Gasteiger charge is -2.00. The molecule has 1 saturated carbocycles. The van der Waals surface area contributed by atoms with E-state index in [-0.39, 0.29) is 0 Å². The van der Waals surface area contributed by atoms with Gasteiger partial charge in [-0.1, -0.05) is 19.4 Å². The number of hydrogen-bond acceptors (Lipinski definition) is 3. The minimum atomic E-state index is 0.785. The number of nitrogens with one attached hydrogen (secondary N) is 1. The molecule has 2 heterocycles. The molecule has 0 bridgehead atoms. The van der Waals surface area contributed by atoms with E-state index in [0.717, 1.165) is 18.5 Å². The summed E-state index contributed by atoms with van der Waals surface area (Å²) in [6.07, 6.45) is 2.70. The minimum Gasteiger partial charge on any atom is -0.309 e. The molecular weight excluding hydrogens is 246 g/mol. The molecule has 1 N–H and O–H groups in total. The van der Waals surface area contributed by atoms with Crippen LogP contribution in [-0.2, 0) is 6.54 Å². The van der Waals surface area contributed by atoms with Crippen molar-refractivity contribution in [2.45, 2.75) is 32.4 Å². The summed E-state index contributed by atoms with van der Waals surface area (Å²) in [5, 5.41) is 8.06. The third kappa shape index (κ3) is 2.62. The van der Waals surface area contributed by atoms with Gasteiger partial charge >= 0.3 is 0 Å². The smallest absolute Gasteiger partial charge is 0.0351 e. The summed E-state index contributed by atoms with van der Waals surface area (Å²) in [7, 11) is 0. The van der Waals surface area contributed by atoms with Crippen molar-refractivity contribution in [3.63, 3.8) is 0 Å². The van der Waals surface area contributed by atoms with Crippen LogP contribution in [0.2, 0.25) is 0 Å². The van der Waals surface area contributed by atoms with E-state index in [9.17, 15) is 0 Å². The van der Waals surface area contributed by atoms with E-state index in [1.807, 2.05) is 22.7 Å². The monoisotopic (exact) mass is 263 g/mol. The minimum absolute atomic E-state index is 0.785. The van der Waals surface area contributed by atoms with Gasteiger partial charge in [0.05, 0.1) is 0 Å². The lowest BCUT2D eigenvalue weighted by atomic mass is 10.2. The molecule has 1 nitrogen and oxygen atoms in total. The molecular formula is C14H17NS2. The van der Waals surface area contributed by atoms with Crippen LogP contribution in [0.4, 0.5) is 0 Å². The molecule has 0 saturated heterocycles. The third-order valence-corrected chi connectivity index (χ3v) is 5.30. The highest BCUT2D eigenvalue weighted by atomic mass is 32.1. The van der Waals surface area contributed by atoms with Gasteiger partial charge in [0, 0.05) is 27.9 Å². The molecule has 2 unspecified atom stereocenters. The van der Waals surface area contributed by atoms with E-state index < -0.39 is 0 Å². The van der Waals surface area contributed by atoms with Gasteiger partial charge in [-0.2, -0.15) is 0 Å². The van der Waals surface area contributed by atoms with Crippen LogP contribution in [0.3, 0.4) is 0 Å². The molecule has 2 aromatic heterocycles. The second-order valence-electron chi connectivity index (χ2n) is 4.67. The first-order chi connectivity index (χ1) is 8.36. The topological polar surface area (TPSA) is 12.0 Å². The van der Waals surface area contributed by atoms with E-state index in [4.69, 9.17) is 0 Å². The molecule has 2 atom stereocenters. The molecule has 0 amide bonds. The summed E-state index contributed by atoms with van der Waals surface area (Å²) in [5.41, 5.74) is 1.38. The van der Waals surface area contributed by atoms with Crippen molar-refractivity contribution in [2.24, 2.45) is 5.92 Å². The lowest BCUT2D eigenvalue weighted by Crippen LogP contribution is -2.16. The maximum absolute atomic E-state index is 3.65. The van der Waals surface area contributed by atoms with Crippen LogP contribution in [0.1, 0.15) is 24.6 Å². The summed E-state index contributed by atoms with van der Waals surface area (Å²) < 4.78 is 0. The first-order valence-corrected chi connectivity index (χ1v) is 7.97. The Hall–Kier alpha value is -0.640. The molecule has 0 radical (unpaired) electrons. The number of rotatable bonds is 5. The Morgan fingerprint density at radius 2 is 2.35 bits per heavy atom. The van der Waals surface area contributed by atoms with Crippen molar-refractivity contribution in [1.82, 2.24) is 5.32 Å². The second kappa shape index (κ2) is 4.92. The van der Waals surface area contributed by atoms with E-state index in [0.29, 0.717) is 0 Å². The van der Waals surface area contributed by atoms with Gasteiger partial charge in [-0.05, 0) is 35.2 Å². The van der Waals surface area contributed by atoms with Gasteiger partial charge in [-0.15, -0.1) is 22.7 Å². The maximum Gasteiger partial charge on any atom is 0.0351 e. The van der Waals surface area contributed by atoms with Gasteiger partial charge in [0.2, 0.25) is 0 Å². The molecule has 0 aromatic carbocycles. The zero-order valence-corrected chi connectivity index (χ0v) is 11.6. The Bertz CT molecular complexity index is 472. The number of hydrogen-bond donors (Lipinski definition) is 1. The van der Waals surface area contributed by atoms with Gasteiger partial charge in [0.25, 0.3) is 0 Å². The Kier molecular flexibility index (Phi) is 3.32. The van der Waals surface area contributed by atoms with Gasteiger partial charge < -0.3 is 5.32 Å². The Labute approximate surface area is 111 Å². The molecule has 1 aliphatic carbocycles. The van der Waals surface area contributed by atoms with Crippen LogP contribution < -0.4 is 5.32 Å². The molecule has 2 aromatic rings. The Morgan fingerprint density at radius 3 is 3.06 bits per heavy atom. The molecule has 90 valence electrons. The Balaban J connectivity index is 1.58. The van der Waals surface area contributed by atoms with E-state index >= 15 is 0 Å². The van der Waals surface area contributed by atoms with Crippen LogP contribution in [0.25, 0.3) is 10.4 Å². The molecule has 0 spiro atoms. The fourth-order valence-electron chi connectivity index (χ4n) is 2.23. The fourth-order valence-corrected chi connectivity index (χ4v) is 3.85. The highest BCUT2D eigenvalue weighted by Gasteiger charge is 2.34. The highest BCUT2D eigenvalue weighted by Crippen LogP contribution is 2.34. The normalized spacial score (nSPS) is 22.9. The largest absolute Gasteiger partial charge is 0.309 e. The van der Waals surface area contributed by atoms with Crippen LogP contribution in [0.5, 0.6) is 0 Å². The zero-order valence-electron chi connectivity index (χ0n) is 9.98. The molecule has 3 heteroatoms. The average molecular weight is 263 g/mol. The highest BCUT2D eigenvalue weighted by molar-refractivity contribution is 7.14. The summed E-state index contributed by atoms with van der Waals surface area (Å²) in [5.74, 6) is 0.937. The lowest BCUT2D eigenvalue weighted by molar-refractivity contribution is 0.627. The molecule has 0 aliphatic heterocycles. The SMILES string of the molecule is CCC1CC1NCc1cc(-c2cccs2)cs1. The van der Waals surface area contributed by atoms with Gasteiger partial charge in [0.15, 0.2) is 0 Å². The van der Waals surface area contributed by atoms with Gasteiger partial charge in [0.1, 0.15) is 0 Å². The van der Waals surface area contributed by atoms with Crippen LogP contribution >= 0.6 is 22.7 Å². The van der Waals surface area contributed by atoms with Crippen molar-refractivity contribution < 1.29 is 0 Å². The van der Waals surface area contributed by atoms with E-state index in [2.05, 4.69) is 41.2 Å². The molecule has 1 fully saturated rings. The molecule has 3 rings (SSSR count). The van der Waals surface area contributed by atoms with Crippen LogP contribution in [0, 0.1) is 5.92 Å².